The summed E-state index contributed by atoms with van der Waals surface area (Å²) in [4.78, 5) is 25.1. The maximum atomic E-state index is 14.1. The SMILES string of the molecule is Cc1c(C(C(=O)O)C(C)C)c2cc(O)c(F)cc2n1C(=O)c1ccc(Cl)c(F)c1. The molecule has 2 aromatic carbocycles. The first-order valence-corrected chi connectivity index (χ1v) is 9.18. The number of fused-ring (bicyclic) bond motifs is 1. The highest BCUT2D eigenvalue weighted by Gasteiger charge is 2.32. The molecule has 0 aliphatic carbocycles. The van der Waals surface area contributed by atoms with Crippen LogP contribution < -0.4 is 0 Å². The van der Waals surface area contributed by atoms with Crippen molar-refractivity contribution in [1.29, 1.82) is 0 Å². The first-order chi connectivity index (χ1) is 13.5. The molecule has 0 saturated carbocycles. The van der Waals surface area contributed by atoms with E-state index < -0.39 is 35.2 Å². The minimum atomic E-state index is -1.11. The van der Waals surface area contributed by atoms with Gasteiger partial charge in [-0.25, -0.2) is 8.78 Å². The summed E-state index contributed by atoms with van der Waals surface area (Å²) < 4.78 is 29.1. The summed E-state index contributed by atoms with van der Waals surface area (Å²) in [7, 11) is 0. The number of aromatic hydroxyl groups is 1. The van der Waals surface area contributed by atoms with Gasteiger partial charge in [-0.1, -0.05) is 25.4 Å². The van der Waals surface area contributed by atoms with Gasteiger partial charge in [0.1, 0.15) is 5.82 Å². The fourth-order valence-electron chi connectivity index (χ4n) is 3.60. The Balaban J connectivity index is 2.36. The van der Waals surface area contributed by atoms with E-state index in [2.05, 4.69) is 0 Å². The third-order valence-corrected chi connectivity index (χ3v) is 5.24. The van der Waals surface area contributed by atoms with Crippen LogP contribution in [0.25, 0.3) is 10.9 Å². The van der Waals surface area contributed by atoms with E-state index in [1.807, 2.05) is 0 Å². The van der Waals surface area contributed by atoms with Gasteiger partial charge in [-0.15, -0.1) is 0 Å². The summed E-state index contributed by atoms with van der Waals surface area (Å²) in [6.45, 7) is 4.95. The number of carboxylic acids is 1. The van der Waals surface area contributed by atoms with E-state index in [4.69, 9.17) is 11.6 Å². The van der Waals surface area contributed by atoms with E-state index in [-0.39, 0.29) is 33.1 Å². The molecule has 0 saturated heterocycles. The quantitative estimate of drug-likeness (QED) is 0.614. The van der Waals surface area contributed by atoms with Crippen LogP contribution in [0, 0.1) is 24.5 Å². The Kier molecular flexibility index (Phi) is 5.36. The van der Waals surface area contributed by atoms with Crippen molar-refractivity contribution in [3.8, 4) is 5.75 Å². The number of hydrogen-bond donors (Lipinski definition) is 2. The third-order valence-electron chi connectivity index (χ3n) is 4.93. The molecule has 1 atom stereocenters. The van der Waals surface area contributed by atoms with Crippen molar-refractivity contribution in [3.63, 3.8) is 0 Å². The number of phenolic OH excluding ortho intramolecular Hbond substituents is 1. The molecule has 0 aliphatic rings. The van der Waals surface area contributed by atoms with Crippen LogP contribution in [-0.2, 0) is 4.79 Å². The molecule has 3 aromatic rings. The van der Waals surface area contributed by atoms with Gasteiger partial charge in [-0.2, -0.15) is 0 Å². The van der Waals surface area contributed by atoms with Crippen LogP contribution >= 0.6 is 11.6 Å². The Morgan fingerprint density at radius 1 is 1.10 bits per heavy atom. The molecule has 0 spiro atoms. The lowest BCUT2D eigenvalue weighted by Crippen LogP contribution is -2.20. The molecule has 3 rings (SSSR count). The molecule has 2 N–H and O–H groups in total. The summed E-state index contributed by atoms with van der Waals surface area (Å²) in [5.41, 5.74) is 0.607. The lowest BCUT2D eigenvalue weighted by molar-refractivity contribution is -0.139. The summed E-state index contributed by atoms with van der Waals surface area (Å²) >= 11 is 5.68. The molecule has 1 heterocycles. The topological polar surface area (TPSA) is 79.5 Å². The molecule has 0 fully saturated rings. The van der Waals surface area contributed by atoms with E-state index in [1.54, 1.807) is 13.8 Å². The monoisotopic (exact) mass is 421 g/mol. The summed E-state index contributed by atoms with van der Waals surface area (Å²) in [6.07, 6.45) is 0. The molecule has 8 heteroatoms. The summed E-state index contributed by atoms with van der Waals surface area (Å²) in [6, 6.07) is 5.59. The first kappa shape index (κ1) is 20.8. The number of halogens is 3. The second kappa shape index (κ2) is 7.48. The van der Waals surface area contributed by atoms with Crippen molar-refractivity contribution in [2.45, 2.75) is 26.7 Å². The van der Waals surface area contributed by atoms with Crippen LogP contribution in [0.1, 0.15) is 41.4 Å². The number of hydrogen-bond acceptors (Lipinski definition) is 3. The second-order valence-corrected chi connectivity index (χ2v) is 7.56. The Morgan fingerprint density at radius 3 is 2.31 bits per heavy atom. The average Bonchev–Trinajstić information content (AvgIpc) is 2.88. The molecule has 1 aromatic heterocycles. The van der Waals surface area contributed by atoms with Crippen LogP contribution in [0.4, 0.5) is 8.78 Å². The van der Waals surface area contributed by atoms with Gasteiger partial charge >= 0.3 is 5.97 Å². The zero-order valence-electron chi connectivity index (χ0n) is 15.8. The molecule has 29 heavy (non-hydrogen) atoms. The van der Waals surface area contributed by atoms with Gasteiger partial charge < -0.3 is 10.2 Å². The highest BCUT2D eigenvalue weighted by atomic mass is 35.5. The van der Waals surface area contributed by atoms with Gasteiger partial charge in [0, 0.05) is 22.7 Å². The molecule has 152 valence electrons. The number of aliphatic carboxylic acids is 1. The smallest absolute Gasteiger partial charge is 0.311 e. The van der Waals surface area contributed by atoms with Gasteiger partial charge in [-0.05, 0) is 42.7 Å². The number of aromatic nitrogens is 1. The number of carbonyl (C=O) groups excluding carboxylic acids is 1. The van der Waals surface area contributed by atoms with Crippen molar-refractivity contribution in [3.05, 3.63) is 63.8 Å². The maximum Gasteiger partial charge on any atom is 0.311 e. The van der Waals surface area contributed by atoms with Crippen molar-refractivity contribution >= 4 is 34.4 Å². The fourth-order valence-corrected chi connectivity index (χ4v) is 3.72. The molecule has 1 unspecified atom stereocenters. The maximum absolute atomic E-state index is 14.1. The summed E-state index contributed by atoms with van der Waals surface area (Å²) in [5, 5.41) is 19.7. The van der Waals surface area contributed by atoms with Crippen LogP contribution in [0.3, 0.4) is 0 Å². The van der Waals surface area contributed by atoms with Crippen LogP contribution in [0.5, 0.6) is 5.75 Å². The molecule has 5 nitrogen and oxygen atoms in total. The van der Waals surface area contributed by atoms with Gasteiger partial charge in [0.2, 0.25) is 0 Å². The number of carbonyl (C=O) groups is 2. The minimum absolute atomic E-state index is 0.0386. The predicted octanol–water partition coefficient (Wildman–Crippen LogP) is 5.10. The van der Waals surface area contributed by atoms with E-state index >= 15 is 0 Å². The van der Waals surface area contributed by atoms with Crippen LogP contribution in [-0.4, -0.2) is 26.7 Å². The predicted molar refractivity (Wildman–Crippen MR) is 105 cm³/mol. The Labute approximate surface area is 170 Å². The fraction of sp³-hybridized carbons (Fsp3) is 0.238. The van der Waals surface area contributed by atoms with E-state index in [9.17, 15) is 28.6 Å². The molecule has 0 bridgehead atoms. The highest BCUT2D eigenvalue weighted by molar-refractivity contribution is 6.30. The molecular weight excluding hydrogens is 404 g/mol. The number of carboxylic acid groups (broad SMARTS) is 1. The van der Waals surface area contributed by atoms with E-state index in [0.717, 1.165) is 22.8 Å². The van der Waals surface area contributed by atoms with Gasteiger partial charge in [0.05, 0.1) is 16.5 Å². The molecule has 0 amide bonds. The number of phenols is 1. The number of rotatable bonds is 4. The number of nitrogens with zero attached hydrogens (tertiary/aromatic N) is 1. The largest absolute Gasteiger partial charge is 0.505 e. The zero-order valence-corrected chi connectivity index (χ0v) is 16.6. The van der Waals surface area contributed by atoms with Gasteiger partial charge in [0.15, 0.2) is 11.6 Å². The highest BCUT2D eigenvalue weighted by Crippen LogP contribution is 2.38. The lowest BCUT2D eigenvalue weighted by Gasteiger charge is -2.17. The standard InChI is InChI=1S/C21H18ClF2NO4/c1-9(2)18(21(28)29)19-10(3)25(16-8-15(24)17(26)7-12(16)19)20(27)11-4-5-13(22)14(23)6-11/h4-9,18,26H,1-3H3,(H,28,29). The normalized spacial score (nSPS) is 12.5. The van der Waals surface area contributed by atoms with Crippen molar-refractivity contribution in [2.24, 2.45) is 5.92 Å². The van der Waals surface area contributed by atoms with Crippen molar-refractivity contribution in [2.75, 3.05) is 0 Å². The molecular formula is C21H18ClF2NO4. The Morgan fingerprint density at radius 2 is 1.76 bits per heavy atom. The second-order valence-electron chi connectivity index (χ2n) is 7.15. The Bertz CT molecular complexity index is 1150. The average molecular weight is 422 g/mol. The van der Waals surface area contributed by atoms with Crippen LogP contribution in [0.15, 0.2) is 30.3 Å². The van der Waals surface area contributed by atoms with Gasteiger partial charge in [-0.3, -0.25) is 14.2 Å². The number of benzene rings is 2. The van der Waals surface area contributed by atoms with Crippen molar-refractivity contribution in [1.82, 2.24) is 4.57 Å². The zero-order chi connectivity index (χ0) is 21.6. The Hall–Kier alpha value is -2.93. The van der Waals surface area contributed by atoms with E-state index in [0.29, 0.717) is 5.56 Å². The third kappa shape index (κ3) is 3.46. The lowest BCUT2D eigenvalue weighted by atomic mass is 9.86. The molecule has 0 aliphatic heterocycles. The van der Waals surface area contributed by atoms with E-state index in [1.165, 1.54) is 19.1 Å². The van der Waals surface area contributed by atoms with Crippen LogP contribution in [0.2, 0.25) is 5.02 Å². The minimum Gasteiger partial charge on any atom is -0.505 e. The van der Waals surface area contributed by atoms with Crippen molar-refractivity contribution < 1.29 is 28.6 Å². The van der Waals surface area contributed by atoms with Gasteiger partial charge in [0.25, 0.3) is 5.91 Å². The summed E-state index contributed by atoms with van der Waals surface area (Å²) in [5.74, 6) is -5.55. The molecule has 0 radical (unpaired) electrons. The first-order valence-electron chi connectivity index (χ1n) is 8.80.